The van der Waals surface area contributed by atoms with Gasteiger partial charge in [-0.3, -0.25) is 0 Å². The van der Waals surface area contributed by atoms with Crippen molar-refractivity contribution in [3.8, 4) is 0 Å². The molecule has 1 heteroatoms. The first-order valence-corrected chi connectivity index (χ1v) is 8.08. The third-order valence-electron chi connectivity index (χ3n) is 4.79. The molecular formula is C18H29N. The van der Waals surface area contributed by atoms with Crippen molar-refractivity contribution in [1.29, 1.82) is 0 Å². The summed E-state index contributed by atoms with van der Waals surface area (Å²) in [7, 11) is 0. The first kappa shape index (κ1) is 14.6. The smallest absolute Gasteiger partial charge is 0.0104 e. The van der Waals surface area contributed by atoms with Crippen LogP contribution in [0.4, 0.5) is 0 Å². The van der Waals surface area contributed by atoms with Gasteiger partial charge in [0.1, 0.15) is 0 Å². The highest BCUT2D eigenvalue weighted by Gasteiger charge is 2.43. The Morgan fingerprint density at radius 2 is 1.79 bits per heavy atom. The van der Waals surface area contributed by atoms with Crippen LogP contribution in [0.15, 0.2) is 30.3 Å². The van der Waals surface area contributed by atoms with E-state index in [9.17, 15) is 0 Å². The first-order valence-electron chi connectivity index (χ1n) is 8.08. The van der Waals surface area contributed by atoms with E-state index in [2.05, 4.69) is 56.4 Å². The monoisotopic (exact) mass is 259 g/mol. The summed E-state index contributed by atoms with van der Waals surface area (Å²) >= 11 is 0. The summed E-state index contributed by atoms with van der Waals surface area (Å²) in [5.74, 6) is 2.56. The minimum atomic E-state index is 0.722. The largest absolute Gasteiger partial charge is 0.314 e. The average Bonchev–Trinajstić information content (AvgIpc) is 3.25. The second kappa shape index (κ2) is 7.09. The molecule has 1 nitrogen and oxygen atoms in total. The number of hydrogen-bond donors (Lipinski definition) is 1. The van der Waals surface area contributed by atoms with Gasteiger partial charge in [-0.2, -0.15) is 0 Å². The van der Waals surface area contributed by atoms with Gasteiger partial charge in [-0.15, -0.1) is 0 Å². The SMILES string of the molecule is CCNC(CC(CC)CC)C1CC1c1ccccc1. The van der Waals surface area contributed by atoms with Crippen LogP contribution in [0.5, 0.6) is 0 Å². The van der Waals surface area contributed by atoms with Gasteiger partial charge in [0.2, 0.25) is 0 Å². The molecule has 1 aromatic rings. The minimum absolute atomic E-state index is 0.722. The molecule has 19 heavy (non-hydrogen) atoms. The molecule has 0 saturated heterocycles. The Hall–Kier alpha value is -0.820. The van der Waals surface area contributed by atoms with Crippen molar-refractivity contribution >= 4 is 0 Å². The second-order valence-electron chi connectivity index (χ2n) is 6.00. The highest BCUT2D eigenvalue weighted by molar-refractivity contribution is 5.26. The molecule has 0 aromatic heterocycles. The van der Waals surface area contributed by atoms with Crippen LogP contribution in [-0.2, 0) is 0 Å². The van der Waals surface area contributed by atoms with E-state index >= 15 is 0 Å². The number of rotatable bonds is 8. The highest BCUT2D eigenvalue weighted by Crippen LogP contribution is 2.50. The molecule has 3 atom stereocenters. The first-order chi connectivity index (χ1) is 9.30. The van der Waals surface area contributed by atoms with E-state index in [-0.39, 0.29) is 0 Å². The third-order valence-corrected chi connectivity index (χ3v) is 4.79. The fraction of sp³-hybridized carbons (Fsp3) is 0.667. The maximum atomic E-state index is 3.74. The topological polar surface area (TPSA) is 12.0 Å². The van der Waals surface area contributed by atoms with E-state index in [0.29, 0.717) is 0 Å². The van der Waals surface area contributed by atoms with Gasteiger partial charge in [-0.25, -0.2) is 0 Å². The molecule has 1 aliphatic carbocycles. The van der Waals surface area contributed by atoms with Crippen molar-refractivity contribution in [2.24, 2.45) is 11.8 Å². The molecule has 106 valence electrons. The lowest BCUT2D eigenvalue weighted by molar-refractivity contribution is 0.341. The number of benzene rings is 1. The summed E-state index contributed by atoms with van der Waals surface area (Å²) in [5.41, 5.74) is 1.54. The highest BCUT2D eigenvalue weighted by atomic mass is 14.9. The van der Waals surface area contributed by atoms with Gasteiger partial charge in [0.05, 0.1) is 0 Å². The molecule has 2 rings (SSSR count). The van der Waals surface area contributed by atoms with Crippen LogP contribution < -0.4 is 5.32 Å². The lowest BCUT2D eigenvalue weighted by Gasteiger charge is -2.23. The molecule has 1 fully saturated rings. The van der Waals surface area contributed by atoms with E-state index < -0.39 is 0 Å². The van der Waals surface area contributed by atoms with E-state index in [1.54, 1.807) is 5.56 Å². The Morgan fingerprint density at radius 3 is 2.37 bits per heavy atom. The van der Waals surface area contributed by atoms with Gasteiger partial charge in [-0.1, -0.05) is 63.9 Å². The average molecular weight is 259 g/mol. The standard InChI is InChI=1S/C18H29N/c1-4-14(5-2)12-18(19-6-3)17-13-16(17)15-10-8-7-9-11-15/h7-11,14,16-19H,4-6,12-13H2,1-3H3. The van der Waals surface area contributed by atoms with Gasteiger partial charge in [0.25, 0.3) is 0 Å². The van der Waals surface area contributed by atoms with Crippen LogP contribution in [-0.4, -0.2) is 12.6 Å². The van der Waals surface area contributed by atoms with Crippen LogP contribution in [0, 0.1) is 11.8 Å². The van der Waals surface area contributed by atoms with Gasteiger partial charge < -0.3 is 5.32 Å². The lowest BCUT2D eigenvalue weighted by Crippen LogP contribution is -2.33. The zero-order chi connectivity index (χ0) is 13.7. The van der Waals surface area contributed by atoms with Crippen LogP contribution in [0.25, 0.3) is 0 Å². The number of nitrogens with one attached hydrogen (secondary N) is 1. The minimum Gasteiger partial charge on any atom is -0.314 e. The molecular weight excluding hydrogens is 230 g/mol. The quantitative estimate of drug-likeness (QED) is 0.719. The maximum Gasteiger partial charge on any atom is 0.0104 e. The third kappa shape index (κ3) is 3.82. The molecule has 1 aliphatic rings. The normalized spacial score (nSPS) is 23.6. The van der Waals surface area contributed by atoms with Crippen molar-refractivity contribution in [3.63, 3.8) is 0 Å². The zero-order valence-corrected chi connectivity index (χ0v) is 12.7. The summed E-state index contributed by atoms with van der Waals surface area (Å²) in [5, 5.41) is 3.74. The molecule has 1 aromatic carbocycles. The van der Waals surface area contributed by atoms with Crippen LogP contribution in [0.2, 0.25) is 0 Å². The van der Waals surface area contributed by atoms with Crippen LogP contribution >= 0.6 is 0 Å². The van der Waals surface area contributed by atoms with Crippen LogP contribution in [0.3, 0.4) is 0 Å². The molecule has 0 aliphatic heterocycles. The van der Waals surface area contributed by atoms with E-state index in [1.807, 2.05) is 0 Å². The summed E-state index contributed by atoms with van der Waals surface area (Å²) in [4.78, 5) is 0. The van der Waals surface area contributed by atoms with Crippen molar-refractivity contribution in [3.05, 3.63) is 35.9 Å². The lowest BCUT2D eigenvalue weighted by atomic mass is 9.91. The van der Waals surface area contributed by atoms with Gasteiger partial charge >= 0.3 is 0 Å². The molecule has 0 amide bonds. The Balaban J connectivity index is 1.94. The predicted octanol–water partition coefficient (Wildman–Crippen LogP) is 4.59. The summed E-state index contributed by atoms with van der Waals surface area (Å²) in [6, 6.07) is 11.8. The fourth-order valence-corrected chi connectivity index (χ4v) is 3.40. The molecule has 0 heterocycles. The summed E-state index contributed by atoms with van der Waals surface area (Å²) in [6.07, 6.45) is 5.37. The van der Waals surface area contributed by atoms with Crippen molar-refractivity contribution < 1.29 is 0 Å². The fourth-order valence-electron chi connectivity index (χ4n) is 3.40. The molecule has 1 N–H and O–H groups in total. The van der Waals surface area contributed by atoms with Gasteiger partial charge in [0, 0.05) is 6.04 Å². The predicted molar refractivity (Wildman–Crippen MR) is 83.4 cm³/mol. The van der Waals surface area contributed by atoms with Crippen molar-refractivity contribution in [1.82, 2.24) is 5.32 Å². The van der Waals surface area contributed by atoms with Crippen molar-refractivity contribution in [2.75, 3.05) is 6.54 Å². The second-order valence-corrected chi connectivity index (χ2v) is 6.00. The molecule has 0 spiro atoms. The molecule has 0 bridgehead atoms. The van der Waals surface area contributed by atoms with Crippen LogP contribution in [0.1, 0.15) is 57.9 Å². The number of hydrogen-bond acceptors (Lipinski definition) is 1. The van der Waals surface area contributed by atoms with E-state index in [0.717, 1.165) is 30.3 Å². The molecule has 3 unspecified atom stereocenters. The Bertz CT molecular complexity index is 355. The summed E-state index contributed by atoms with van der Waals surface area (Å²) < 4.78 is 0. The Kier molecular flexibility index (Phi) is 5.45. The Labute approximate surface area is 118 Å². The zero-order valence-electron chi connectivity index (χ0n) is 12.7. The Morgan fingerprint density at radius 1 is 1.11 bits per heavy atom. The van der Waals surface area contributed by atoms with E-state index in [4.69, 9.17) is 0 Å². The van der Waals surface area contributed by atoms with Gasteiger partial charge in [-0.05, 0) is 42.7 Å². The van der Waals surface area contributed by atoms with Gasteiger partial charge in [0.15, 0.2) is 0 Å². The summed E-state index contributed by atoms with van der Waals surface area (Å²) in [6.45, 7) is 8.00. The van der Waals surface area contributed by atoms with Crippen molar-refractivity contribution in [2.45, 2.75) is 58.4 Å². The molecule has 0 radical (unpaired) electrons. The maximum absolute atomic E-state index is 3.74. The van der Waals surface area contributed by atoms with E-state index in [1.165, 1.54) is 25.7 Å². The molecule has 1 saturated carbocycles.